The van der Waals surface area contributed by atoms with Gasteiger partial charge in [-0.05, 0) is 61.3 Å². The molecular weight excluding hydrogens is 502 g/mol. The van der Waals surface area contributed by atoms with Gasteiger partial charge in [-0.3, -0.25) is 9.59 Å². The number of carbonyl (C=O) groups is 3. The molecule has 3 aromatic rings. The topological polar surface area (TPSA) is 85.6 Å². The van der Waals surface area contributed by atoms with E-state index in [0.29, 0.717) is 40.8 Å². The van der Waals surface area contributed by atoms with Crippen molar-refractivity contribution in [3.63, 3.8) is 0 Å². The monoisotopic (exact) mass is 539 g/mol. The lowest BCUT2D eigenvalue weighted by Gasteiger charge is -2.39. The Morgan fingerprint density at radius 2 is 1.80 bits per heavy atom. The third kappa shape index (κ3) is 4.80. The molecule has 0 fully saturated rings. The highest BCUT2D eigenvalue weighted by Crippen LogP contribution is 2.48. The van der Waals surface area contributed by atoms with Crippen molar-refractivity contribution in [2.75, 3.05) is 7.11 Å². The Labute approximate surface area is 235 Å². The number of methoxy groups -OCH3 is 1. The number of esters is 1. The van der Waals surface area contributed by atoms with Gasteiger partial charge in [0.05, 0.1) is 12.7 Å². The van der Waals surface area contributed by atoms with E-state index in [4.69, 9.17) is 9.15 Å². The van der Waals surface area contributed by atoms with Crippen LogP contribution in [0.4, 0.5) is 0 Å². The van der Waals surface area contributed by atoms with E-state index in [1.807, 2.05) is 38.1 Å². The average Bonchev–Trinajstić information content (AvgIpc) is 3.34. The molecule has 0 saturated carbocycles. The first-order valence-corrected chi connectivity index (χ1v) is 13.9. The second-order valence-electron chi connectivity index (χ2n) is 12.1. The molecule has 0 amide bonds. The number of benzene rings is 2. The molecule has 2 heterocycles. The lowest BCUT2D eigenvalue weighted by Crippen LogP contribution is -2.38. The fourth-order valence-electron chi connectivity index (χ4n) is 6.07. The van der Waals surface area contributed by atoms with Gasteiger partial charge in [0.2, 0.25) is 5.78 Å². The van der Waals surface area contributed by atoms with Crippen LogP contribution in [0.5, 0.6) is 0 Å². The van der Waals surface area contributed by atoms with Gasteiger partial charge in [0, 0.05) is 40.3 Å². The molecule has 1 N–H and O–H groups in total. The smallest absolute Gasteiger partial charge is 0.336 e. The summed E-state index contributed by atoms with van der Waals surface area (Å²) in [5.41, 5.74) is 6.49. The average molecular weight is 540 g/mol. The van der Waals surface area contributed by atoms with Gasteiger partial charge in [-0.2, -0.15) is 0 Å². The lowest BCUT2D eigenvalue weighted by atomic mass is 9.68. The minimum absolute atomic E-state index is 0.0327. The summed E-state index contributed by atoms with van der Waals surface area (Å²) >= 11 is 0. The number of fused-ring (bicyclic) bond motifs is 1. The fraction of sp³-hybridized carbons (Fsp3) is 0.382. The van der Waals surface area contributed by atoms with Crippen LogP contribution in [0.1, 0.15) is 98.5 Å². The Bertz CT molecular complexity index is 1600. The molecule has 1 aliphatic heterocycles. The van der Waals surface area contributed by atoms with Gasteiger partial charge in [-0.15, -0.1) is 0 Å². The molecule has 40 heavy (non-hydrogen) atoms. The highest BCUT2D eigenvalue weighted by molar-refractivity contribution is 6.09. The summed E-state index contributed by atoms with van der Waals surface area (Å²) in [6, 6.07) is 13.2. The Morgan fingerprint density at radius 1 is 1.10 bits per heavy atom. The number of ketones is 2. The molecule has 5 rings (SSSR count). The van der Waals surface area contributed by atoms with E-state index in [1.165, 1.54) is 7.11 Å². The van der Waals surface area contributed by atoms with Crippen molar-refractivity contribution in [3.8, 4) is 0 Å². The zero-order valence-corrected chi connectivity index (χ0v) is 24.4. The van der Waals surface area contributed by atoms with Crippen LogP contribution in [-0.2, 0) is 14.3 Å². The Hall–Kier alpha value is -3.93. The van der Waals surface area contributed by atoms with Gasteiger partial charge < -0.3 is 14.5 Å². The van der Waals surface area contributed by atoms with Crippen molar-refractivity contribution in [2.45, 2.75) is 72.6 Å². The lowest BCUT2D eigenvalue weighted by molar-refractivity contribution is -0.136. The molecule has 0 saturated heterocycles. The van der Waals surface area contributed by atoms with E-state index in [0.717, 1.165) is 34.2 Å². The largest absolute Gasteiger partial charge is 0.466 e. The molecule has 6 nitrogen and oxygen atoms in total. The molecule has 2 atom stereocenters. The third-order valence-electron chi connectivity index (χ3n) is 8.33. The SMILES string of the molecule is CCC(C)c1cc(C2C(C(=O)OC)=C(C)NC3=C2C(=O)CC(C)(C)C3)cc2cc(C(=O)c3ccc(C)cc3)oc12. The molecule has 1 aliphatic carbocycles. The summed E-state index contributed by atoms with van der Waals surface area (Å²) in [6.07, 6.45) is 1.96. The first-order chi connectivity index (χ1) is 18.9. The number of Topliss-reactive ketones (excluding diaryl/α,β-unsaturated/α-hetero) is 1. The maximum Gasteiger partial charge on any atom is 0.336 e. The van der Waals surface area contributed by atoms with Crippen LogP contribution in [-0.4, -0.2) is 24.6 Å². The summed E-state index contributed by atoms with van der Waals surface area (Å²) in [4.78, 5) is 40.2. The van der Waals surface area contributed by atoms with E-state index in [-0.39, 0.29) is 28.7 Å². The molecule has 0 radical (unpaired) electrons. The first kappa shape index (κ1) is 27.6. The molecule has 2 aliphatic rings. The van der Waals surface area contributed by atoms with Crippen LogP contribution in [0, 0.1) is 12.3 Å². The Morgan fingerprint density at radius 3 is 2.45 bits per heavy atom. The number of rotatable bonds is 6. The maximum atomic E-state index is 13.7. The molecule has 208 valence electrons. The second-order valence-corrected chi connectivity index (χ2v) is 12.1. The van der Waals surface area contributed by atoms with Crippen molar-refractivity contribution in [3.05, 3.63) is 93.0 Å². The highest BCUT2D eigenvalue weighted by atomic mass is 16.5. The van der Waals surface area contributed by atoms with E-state index in [2.05, 4.69) is 33.0 Å². The standard InChI is InChI=1S/C34H37NO5/c1-8-19(3)24-14-22(13-23-15-27(40-32(23)24)31(37)21-11-9-18(2)10-12-21)29-28(33(38)39-7)20(4)35-25-16-34(5,6)17-26(36)30(25)29/h9-15,19,29,35H,8,16-17H2,1-7H3. The van der Waals surface area contributed by atoms with Crippen LogP contribution in [0.2, 0.25) is 0 Å². The first-order valence-electron chi connectivity index (χ1n) is 13.9. The number of allylic oxidation sites excluding steroid dienone is 3. The Balaban J connectivity index is 1.72. The minimum Gasteiger partial charge on any atom is -0.466 e. The van der Waals surface area contributed by atoms with Crippen LogP contribution < -0.4 is 5.32 Å². The molecule has 2 aromatic carbocycles. The normalized spacial score (nSPS) is 19.4. The van der Waals surface area contributed by atoms with Crippen molar-refractivity contribution < 1.29 is 23.5 Å². The number of furan rings is 1. The summed E-state index contributed by atoms with van der Waals surface area (Å²) in [7, 11) is 1.36. The number of aryl methyl sites for hydroxylation is 1. The molecule has 2 unspecified atom stereocenters. The zero-order chi connectivity index (χ0) is 28.9. The maximum absolute atomic E-state index is 13.7. The molecule has 0 bridgehead atoms. The molecular formula is C34H37NO5. The van der Waals surface area contributed by atoms with Crippen molar-refractivity contribution in [2.24, 2.45) is 5.41 Å². The van der Waals surface area contributed by atoms with Gasteiger partial charge in [0.15, 0.2) is 11.5 Å². The second kappa shape index (κ2) is 10.2. The van der Waals surface area contributed by atoms with E-state index in [9.17, 15) is 14.4 Å². The van der Waals surface area contributed by atoms with Gasteiger partial charge in [0.1, 0.15) is 5.58 Å². The minimum atomic E-state index is -0.578. The predicted octanol–water partition coefficient (Wildman–Crippen LogP) is 7.26. The van der Waals surface area contributed by atoms with Crippen LogP contribution >= 0.6 is 0 Å². The van der Waals surface area contributed by atoms with Gasteiger partial charge >= 0.3 is 5.97 Å². The quantitative estimate of drug-likeness (QED) is 0.262. The van der Waals surface area contributed by atoms with Crippen molar-refractivity contribution in [1.82, 2.24) is 5.32 Å². The zero-order valence-electron chi connectivity index (χ0n) is 24.4. The number of nitrogens with one attached hydrogen (secondary N) is 1. The van der Waals surface area contributed by atoms with Crippen molar-refractivity contribution in [1.29, 1.82) is 0 Å². The van der Waals surface area contributed by atoms with E-state index < -0.39 is 11.9 Å². The van der Waals surface area contributed by atoms with Gasteiger partial charge in [-0.1, -0.05) is 63.6 Å². The predicted molar refractivity (Wildman–Crippen MR) is 155 cm³/mol. The summed E-state index contributed by atoms with van der Waals surface area (Å²) in [6.45, 7) is 12.2. The number of hydrogen-bond acceptors (Lipinski definition) is 6. The molecule has 0 spiro atoms. The number of hydrogen-bond donors (Lipinski definition) is 1. The van der Waals surface area contributed by atoms with Crippen LogP contribution in [0.15, 0.2) is 69.4 Å². The van der Waals surface area contributed by atoms with E-state index in [1.54, 1.807) is 18.2 Å². The number of ether oxygens (including phenoxy) is 1. The molecule has 1 aromatic heterocycles. The van der Waals surface area contributed by atoms with Crippen LogP contribution in [0.25, 0.3) is 11.0 Å². The molecule has 6 heteroatoms. The summed E-state index contributed by atoms with van der Waals surface area (Å²) in [5.74, 6) is -0.807. The van der Waals surface area contributed by atoms with Crippen molar-refractivity contribution >= 4 is 28.5 Å². The Kier molecular flexibility index (Phi) is 7.07. The summed E-state index contributed by atoms with van der Waals surface area (Å²) in [5, 5.41) is 4.14. The number of dihydropyridines is 1. The van der Waals surface area contributed by atoms with Gasteiger partial charge in [0.25, 0.3) is 0 Å². The summed E-state index contributed by atoms with van der Waals surface area (Å²) < 4.78 is 11.5. The fourth-order valence-corrected chi connectivity index (χ4v) is 6.07. The number of carbonyl (C=O) groups excluding carboxylic acids is 3. The van der Waals surface area contributed by atoms with Crippen LogP contribution in [0.3, 0.4) is 0 Å². The highest BCUT2D eigenvalue weighted by Gasteiger charge is 2.43. The third-order valence-corrected chi connectivity index (χ3v) is 8.33. The van der Waals surface area contributed by atoms with E-state index >= 15 is 0 Å². The van der Waals surface area contributed by atoms with Gasteiger partial charge in [-0.25, -0.2) is 4.79 Å².